The highest BCUT2D eigenvalue weighted by Crippen LogP contribution is 2.29. The van der Waals surface area contributed by atoms with E-state index in [1.165, 1.54) is 17.8 Å². The lowest BCUT2D eigenvalue weighted by Gasteiger charge is -2.23. The Hall–Kier alpha value is -1.27. The fourth-order valence-corrected chi connectivity index (χ4v) is 2.37. The first-order valence-electron chi connectivity index (χ1n) is 5.65. The smallest absolute Gasteiger partial charge is 0.292 e. The summed E-state index contributed by atoms with van der Waals surface area (Å²) < 4.78 is 0. The molecule has 5 nitrogen and oxygen atoms in total. The molecule has 1 aromatic rings. The molecule has 2 atom stereocenters. The summed E-state index contributed by atoms with van der Waals surface area (Å²) in [6, 6.07) is 4.93. The topological polar surface area (TPSA) is 75.4 Å². The molecule has 0 spiro atoms. The maximum atomic E-state index is 11.0. The third-order valence-corrected chi connectivity index (χ3v) is 4.02. The van der Waals surface area contributed by atoms with Crippen LogP contribution >= 0.6 is 11.8 Å². The van der Waals surface area contributed by atoms with Crippen molar-refractivity contribution in [2.45, 2.75) is 25.1 Å². The molecule has 0 heterocycles. The van der Waals surface area contributed by atoms with Crippen LogP contribution in [0.1, 0.15) is 12.5 Å². The number of nitrogens with zero attached hydrogens (tertiary/aromatic N) is 1. The predicted octanol–water partition coefficient (Wildman–Crippen LogP) is 2.43. The van der Waals surface area contributed by atoms with Crippen LogP contribution in [-0.2, 0) is 0 Å². The Morgan fingerprint density at radius 1 is 1.56 bits per heavy atom. The number of hydrogen-bond acceptors (Lipinski definition) is 5. The van der Waals surface area contributed by atoms with Gasteiger partial charge in [0.25, 0.3) is 5.69 Å². The van der Waals surface area contributed by atoms with Gasteiger partial charge in [-0.25, -0.2) is 0 Å². The van der Waals surface area contributed by atoms with Gasteiger partial charge in [0.1, 0.15) is 5.69 Å². The number of nitro groups is 1. The van der Waals surface area contributed by atoms with Crippen LogP contribution in [-0.4, -0.2) is 34.2 Å². The number of nitro benzene ring substituents is 1. The average Bonchev–Trinajstić information content (AvgIpc) is 2.33. The molecule has 0 bridgehead atoms. The molecule has 0 aliphatic rings. The van der Waals surface area contributed by atoms with Gasteiger partial charge in [-0.1, -0.05) is 12.1 Å². The van der Waals surface area contributed by atoms with Crippen LogP contribution in [0.5, 0.6) is 0 Å². The molecule has 2 N–H and O–H groups in total. The Kier molecular flexibility index (Phi) is 5.43. The number of rotatable bonds is 6. The second kappa shape index (κ2) is 6.61. The third-order valence-electron chi connectivity index (χ3n) is 2.86. The molecule has 0 saturated heterocycles. The Morgan fingerprint density at radius 3 is 2.72 bits per heavy atom. The van der Waals surface area contributed by atoms with Crippen molar-refractivity contribution in [1.82, 2.24) is 0 Å². The van der Waals surface area contributed by atoms with E-state index in [4.69, 9.17) is 0 Å². The summed E-state index contributed by atoms with van der Waals surface area (Å²) >= 11 is 1.54. The van der Waals surface area contributed by atoms with Crippen molar-refractivity contribution >= 4 is 23.1 Å². The molecule has 0 radical (unpaired) electrons. The van der Waals surface area contributed by atoms with E-state index in [9.17, 15) is 15.2 Å². The van der Waals surface area contributed by atoms with Gasteiger partial charge in [-0.3, -0.25) is 10.1 Å². The van der Waals surface area contributed by atoms with Gasteiger partial charge in [0.05, 0.1) is 11.5 Å². The lowest BCUT2D eigenvalue weighted by molar-refractivity contribution is -0.384. The summed E-state index contributed by atoms with van der Waals surface area (Å²) in [5.74, 6) is 0. The molecular weight excluding hydrogens is 252 g/mol. The second-order valence-corrected chi connectivity index (χ2v) is 5.19. The average molecular weight is 270 g/mol. The first-order chi connectivity index (χ1) is 8.51. The molecule has 0 aromatic heterocycles. The summed E-state index contributed by atoms with van der Waals surface area (Å²) in [7, 11) is 0. The number of thioether (sulfide) groups is 1. The van der Waals surface area contributed by atoms with Crippen molar-refractivity contribution in [3.63, 3.8) is 0 Å². The minimum Gasteiger partial charge on any atom is -0.395 e. The number of para-hydroxylation sites is 1. The zero-order valence-corrected chi connectivity index (χ0v) is 11.5. The summed E-state index contributed by atoms with van der Waals surface area (Å²) in [5.41, 5.74) is 1.43. The molecule has 2 unspecified atom stereocenters. The molecule has 100 valence electrons. The van der Waals surface area contributed by atoms with Crippen LogP contribution < -0.4 is 5.32 Å². The van der Waals surface area contributed by atoms with Crippen LogP contribution in [0.15, 0.2) is 18.2 Å². The molecule has 1 aromatic carbocycles. The van der Waals surface area contributed by atoms with E-state index in [0.29, 0.717) is 5.69 Å². The monoisotopic (exact) mass is 270 g/mol. The van der Waals surface area contributed by atoms with Crippen LogP contribution in [0.3, 0.4) is 0 Å². The minimum atomic E-state index is -0.394. The van der Waals surface area contributed by atoms with E-state index in [2.05, 4.69) is 5.32 Å². The van der Waals surface area contributed by atoms with Crippen molar-refractivity contribution in [1.29, 1.82) is 0 Å². The summed E-state index contributed by atoms with van der Waals surface area (Å²) in [6.45, 7) is 3.78. The van der Waals surface area contributed by atoms with Crippen LogP contribution in [0.4, 0.5) is 11.4 Å². The third kappa shape index (κ3) is 3.36. The highest BCUT2D eigenvalue weighted by molar-refractivity contribution is 7.99. The van der Waals surface area contributed by atoms with E-state index < -0.39 is 4.92 Å². The maximum Gasteiger partial charge on any atom is 0.292 e. The molecule has 0 fully saturated rings. The molecule has 0 saturated carbocycles. The van der Waals surface area contributed by atoms with E-state index in [0.717, 1.165) is 5.56 Å². The Labute approximate surface area is 111 Å². The van der Waals surface area contributed by atoms with E-state index >= 15 is 0 Å². The van der Waals surface area contributed by atoms with E-state index in [1.54, 1.807) is 6.07 Å². The van der Waals surface area contributed by atoms with Gasteiger partial charge in [0, 0.05) is 17.4 Å². The van der Waals surface area contributed by atoms with Gasteiger partial charge in [-0.15, -0.1) is 0 Å². The van der Waals surface area contributed by atoms with Crippen molar-refractivity contribution in [3.8, 4) is 0 Å². The number of benzene rings is 1. The molecule has 1 rings (SSSR count). The van der Waals surface area contributed by atoms with Crippen molar-refractivity contribution in [2.24, 2.45) is 0 Å². The molecule has 6 heteroatoms. The number of aliphatic hydroxyl groups excluding tert-OH is 1. The first-order valence-corrected chi connectivity index (χ1v) is 6.94. The maximum absolute atomic E-state index is 11.0. The fraction of sp³-hybridized carbons (Fsp3) is 0.500. The Bertz CT molecular complexity index is 422. The SMILES string of the molecule is CSC(CO)C(C)Nc1c(C)cccc1[N+](=O)[O-]. The first kappa shape index (κ1) is 14.8. The standard InChI is InChI=1S/C12H18N2O3S/c1-8-5-4-6-10(14(16)17)12(8)13-9(2)11(7-15)18-3/h4-6,9,11,13,15H,7H2,1-3H3. The predicted molar refractivity (Wildman–Crippen MR) is 75.3 cm³/mol. The van der Waals surface area contributed by atoms with Crippen molar-refractivity contribution in [3.05, 3.63) is 33.9 Å². The zero-order valence-electron chi connectivity index (χ0n) is 10.7. The van der Waals surface area contributed by atoms with E-state index in [-0.39, 0.29) is 23.6 Å². The van der Waals surface area contributed by atoms with Crippen LogP contribution in [0.2, 0.25) is 0 Å². The van der Waals surface area contributed by atoms with Gasteiger partial charge >= 0.3 is 0 Å². The lowest BCUT2D eigenvalue weighted by atomic mass is 10.1. The highest BCUT2D eigenvalue weighted by Gasteiger charge is 2.21. The normalized spacial score (nSPS) is 14.0. The summed E-state index contributed by atoms with van der Waals surface area (Å²) in [4.78, 5) is 10.6. The molecule has 0 aliphatic heterocycles. The van der Waals surface area contributed by atoms with Gasteiger partial charge in [0.2, 0.25) is 0 Å². The second-order valence-electron chi connectivity index (χ2n) is 4.12. The van der Waals surface area contributed by atoms with E-state index in [1.807, 2.05) is 26.2 Å². The Morgan fingerprint density at radius 2 is 2.22 bits per heavy atom. The van der Waals surface area contributed by atoms with Crippen LogP contribution in [0.25, 0.3) is 0 Å². The number of anilines is 1. The minimum absolute atomic E-state index is 0.00390. The largest absolute Gasteiger partial charge is 0.395 e. The van der Waals surface area contributed by atoms with Crippen LogP contribution in [0, 0.1) is 17.0 Å². The zero-order chi connectivity index (χ0) is 13.7. The van der Waals surface area contributed by atoms with Gasteiger partial charge in [0.15, 0.2) is 0 Å². The van der Waals surface area contributed by atoms with Gasteiger partial charge in [-0.2, -0.15) is 11.8 Å². The Balaban J connectivity index is 2.99. The summed E-state index contributed by atoms with van der Waals surface area (Å²) in [5, 5.41) is 23.3. The lowest BCUT2D eigenvalue weighted by Crippen LogP contribution is -2.31. The molecule has 18 heavy (non-hydrogen) atoms. The van der Waals surface area contributed by atoms with Crippen molar-refractivity contribution in [2.75, 3.05) is 18.2 Å². The molecule has 0 aliphatic carbocycles. The number of hydrogen-bond donors (Lipinski definition) is 2. The molecule has 0 amide bonds. The number of aryl methyl sites for hydroxylation is 1. The van der Waals surface area contributed by atoms with Gasteiger partial charge < -0.3 is 10.4 Å². The quantitative estimate of drug-likeness (QED) is 0.613. The van der Waals surface area contributed by atoms with Crippen molar-refractivity contribution < 1.29 is 10.0 Å². The number of nitrogens with one attached hydrogen (secondary N) is 1. The highest BCUT2D eigenvalue weighted by atomic mass is 32.2. The van der Waals surface area contributed by atoms with Gasteiger partial charge in [-0.05, 0) is 25.7 Å². The fourth-order valence-electron chi connectivity index (χ4n) is 1.75. The number of aliphatic hydroxyl groups is 1. The molecular formula is C12H18N2O3S. The summed E-state index contributed by atoms with van der Waals surface area (Å²) in [6.07, 6.45) is 1.91.